The zero-order valence-corrected chi connectivity index (χ0v) is 20.5. The summed E-state index contributed by atoms with van der Waals surface area (Å²) in [5, 5.41) is 6.89. The van der Waals surface area contributed by atoms with Gasteiger partial charge in [0.15, 0.2) is 5.82 Å². The highest BCUT2D eigenvalue weighted by Crippen LogP contribution is 2.39. The van der Waals surface area contributed by atoms with Gasteiger partial charge in [0.25, 0.3) is 0 Å². The molecule has 0 saturated carbocycles. The number of likely N-dealkylation sites (tertiary alicyclic amines) is 1. The molecule has 6 rings (SSSR count). The fourth-order valence-corrected chi connectivity index (χ4v) is 4.98. The van der Waals surface area contributed by atoms with Gasteiger partial charge in [-0.2, -0.15) is 0 Å². The minimum absolute atomic E-state index is 0.0177. The number of rotatable bonds is 4. The lowest BCUT2D eigenvalue weighted by Crippen LogP contribution is -2.21. The highest BCUT2D eigenvalue weighted by molar-refractivity contribution is 5.96. The molecule has 2 aliphatic heterocycles. The molecule has 1 atom stereocenters. The molecule has 0 bridgehead atoms. The second-order valence-corrected chi connectivity index (χ2v) is 9.38. The number of nitrogens with two attached hydrogens (primary N) is 1. The van der Waals surface area contributed by atoms with Crippen molar-refractivity contribution in [3.05, 3.63) is 59.7 Å². The number of hydrogen-bond acceptors (Lipinski definition) is 8. The number of benzene rings is 2. The van der Waals surface area contributed by atoms with Gasteiger partial charge in [-0.15, -0.1) is 0 Å². The van der Waals surface area contributed by atoms with E-state index in [1.165, 1.54) is 6.20 Å². The van der Waals surface area contributed by atoms with E-state index in [0.29, 0.717) is 47.0 Å². The van der Waals surface area contributed by atoms with Crippen molar-refractivity contribution in [2.24, 2.45) is 0 Å². The summed E-state index contributed by atoms with van der Waals surface area (Å²) >= 11 is 0. The van der Waals surface area contributed by atoms with Crippen LogP contribution in [-0.4, -0.2) is 52.5 Å². The molecule has 2 aromatic heterocycles. The SMILES string of the molecule is Cc1c(-c2cc3nc(Nc4ccc(C5CCN(C)C5=O)cc4)ncc3c(N)c2F)cnc2c1NCCO2. The van der Waals surface area contributed by atoms with Crippen molar-refractivity contribution in [3.8, 4) is 17.0 Å². The highest BCUT2D eigenvalue weighted by atomic mass is 19.1. The maximum Gasteiger partial charge on any atom is 0.237 e. The van der Waals surface area contributed by atoms with E-state index >= 15 is 4.39 Å². The van der Waals surface area contributed by atoms with E-state index in [0.717, 1.165) is 35.5 Å². The summed E-state index contributed by atoms with van der Waals surface area (Å²) in [5.74, 6) is 0.360. The summed E-state index contributed by atoms with van der Waals surface area (Å²) in [6.45, 7) is 3.84. The van der Waals surface area contributed by atoms with E-state index < -0.39 is 5.82 Å². The summed E-state index contributed by atoms with van der Waals surface area (Å²) in [4.78, 5) is 27.4. The van der Waals surface area contributed by atoms with Crippen LogP contribution >= 0.6 is 0 Å². The second kappa shape index (κ2) is 8.88. The Morgan fingerprint density at radius 2 is 2.00 bits per heavy atom. The van der Waals surface area contributed by atoms with Crippen LogP contribution in [0.3, 0.4) is 0 Å². The smallest absolute Gasteiger partial charge is 0.237 e. The van der Waals surface area contributed by atoms with Crippen LogP contribution in [0.25, 0.3) is 22.0 Å². The Kier molecular flexibility index (Phi) is 5.51. The number of carbonyl (C=O) groups excluding carboxylic acids is 1. The van der Waals surface area contributed by atoms with Crippen LogP contribution in [-0.2, 0) is 4.79 Å². The summed E-state index contributed by atoms with van der Waals surface area (Å²) in [6.07, 6.45) is 3.93. The number of nitrogen functional groups attached to an aromatic ring is 1. The lowest BCUT2D eigenvalue weighted by Gasteiger charge is -2.22. The van der Waals surface area contributed by atoms with Crippen LogP contribution in [0.5, 0.6) is 5.88 Å². The van der Waals surface area contributed by atoms with Crippen LogP contribution in [0.15, 0.2) is 42.7 Å². The predicted molar refractivity (Wildman–Crippen MR) is 141 cm³/mol. The van der Waals surface area contributed by atoms with Gasteiger partial charge in [-0.3, -0.25) is 4.79 Å². The predicted octanol–water partition coefficient (Wildman–Crippen LogP) is 4.22. The molecule has 1 amide bonds. The van der Waals surface area contributed by atoms with Gasteiger partial charge in [-0.05, 0) is 42.7 Å². The fraction of sp³-hybridized carbons (Fsp3) is 0.259. The number of fused-ring (bicyclic) bond motifs is 2. The average Bonchev–Trinajstić information content (AvgIpc) is 3.25. The Morgan fingerprint density at radius 1 is 1.19 bits per heavy atom. The van der Waals surface area contributed by atoms with E-state index in [4.69, 9.17) is 10.5 Å². The van der Waals surface area contributed by atoms with Crippen molar-refractivity contribution in [1.82, 2.24) is 19.9 Å². The standard InChI is InChI=1S/C27H26FN7O2/c1-14-19(12-31-25-24(14)30-8-10-37-25)18-11-21-20(23(29)22(18)28)13-32-27(34-21)33-16-5-3-15(4-6-16)17-7-9-35(2)26(17)36/h3-6,11-13,17,30H,7-10,29H2,1-2H3,(H,32,33,34). The first-order chi connectivity index (χ1) is 17.9. The van der Waals surface area contributed by atoms with Gasteiger partial charge in [-0.1, -0.05) is 12.1 Å². The molecule has 0 spiro atoms. The zero-order chi connectivity index (χ0) is 25.7. The first-order valence-electron chi connectivity index (χ1n) is 12.1. The number of anilines is 4. The van der Waals surface area contributed by atoms with Gasteiger partial charge in [0.2, 0.25) is 17.7 Å². The molecule has 2 aliphatic rings. The molecule has 4 aromatic rings. The molecule has 9 nitrogen and oxygen atoms in total. The van der Waals surface area contributed by atoms with Gasteiger partial charge < -0.3 is 26.0 Å². The molecule has 0 aliphatic carbocycles. The topological polar surface area (TPSA) is 118 Å². The molecular formula is C27H26FN7O2. The van der Waals surface area contributed by atoms with Crippen molar-refractivity contribution in [2.75, 3.05) is 43.1 Å². The third kappa shape index (κ3) is 3.94. The third-order valence-electron chi connectivity index (χ3n) is 7.10. The summed E-state index contributed by atoms with van der Waals surface area (Å²) in [5.41, 5.74) is 10.9. The number of amides is 1. The quantitative estimate of drug-likeness (QED) is 0.357. The molecule has 4 heterocycles. The molecule has 2 aromatic carbocycles. The van der Waals surface area contributed by atoms with Crippen molar-refractivity contribution in [2.45, 2.75) is 19.3 Å². The number of halogens is 1. The Labute approximate surface area is 212 Å². The van der Waals surface area contributed by atoms with Gasteiger partial charge >= 0.3 is 0 Å². The molecule has 0 radical (unpaired) electrons. The van der Waals surface area contributed by atoms with Crippen LogP contribution in [0.2, 0.25) is 0 Å². The monoisotopic (exact) mass is 499 g/mol. The normalized spacial score (nSPS) is 16.9. The highest BCUT2D eigenvalue weighted by Gasteiger charge is 2.30. The maximum absolute atomic E-state index is 15.4. The number of hydrogen-bond donors (Lipinski definition) is 3. The molecule has 1 unspecified atom stereocenters. The first kappa shape index (κ1) is 23.0. The molecule has 1 saturated heterocycles. The van der Waals surface area contributed by atoms with Crippen LogP contribution in [0.1, 0.15) is 23.5 Å². The van der Waals surface area contributed by atoms with E-state index in [2.05, 4.69) is 25.6 Å². The number of aromatic nitrogens is 3. The Hall–Kier alpha value is -4.47. The molecule has 188 valence electrons. The minimum atomic E-state index is -0.541. The van der Waals surface area contributed by atoms with Crippen LogP contribution in [0.4, 0.5) is 27.4 Å². The van der Waals surface area contributed by atoms with E-state index in [1.54, 1.807) is 17.2 Å². The van der Waals surface area contributed by atoms with E-state index in [1.807, 2.05) is 38.2 Å². The lowest BCUT2D eigenvalue weighted by molar-refractivity contribution is -0.127. The molecular weight excluding hydrogens is 473 g/mol. The fourth-order valence-electron chi connectivity index (χ4n) is 4.98. The van der Waals surface area contributed by atoms with Gasteiger partial charge in [0, 0.05) is 54.7 Å². The van der Waals surface area contributed by atoms with Crippen LogP contribution < -0.4 is 21.1 Å². The minimum Gasteiger partial charge on any atom is -0.474 e. The van der Waals surface area contributed by atoms with Gasteiger partial charge in [-0.25, -0.2) is 19.3 Å². The van der Waals surface area contributed by atoms with Gasteiger partial charge in [0.05, 0.1) is 17.1 Å². The Balaban J connectivity index is 1.32. The van der Waals surface area contributed by atoms with Crippen molar-refractivity contribution < 1.29 is 13.9 Å². The lowest BCUT2D eigenvalue weighted by atomic mass is 9.97. The van der Waals surface area contributed by atoms with E-state index in [9.17, 15) is 4.79 Å². The molecule has 37 heavy (non-hydrogen) atoms. The Bertz CT molecular complexity index is 1540. The van der Waals surface area contributed by atoms with Crippen molar-refractivity contribution >= 4 is 39.8 Å². The van der Waals surface area contributed by atoms with Gasteiger partial charge in [0.1, 0.15) is 12.3 Å². The Morgan fingerprint density at radius 3 is 2.76 bits per heavy atom. The number of likely N-dealkylation sites (N-methyl/N-ethyl adjacent to an activating group) is 1. The third-order valence-corrected chi connectivity index (χ3v) is 7.10. The summed E-state index contributed by atoms with van der Waals surface area (Å²) < 4.78 is 21.0. The number of pyridine rings is 1. The molecule has 10 heteroatoms. The summed E-state index contributed by atoms with van der Waals surface area (Å²) in [7, 11) is 1.83. The summed E-state index contributed by atoms with van der Waals surface area (Å²) in [6, 6.07) is 9.35. The van der Waals surface area contributed by atoms with Crippen molar-refractivity contribution in [3.63, 3.8) is 0 Å². The maximum atomic E-state index is 15.4. The number of carbonyl (C=O) groups is 1. The van der Waals surface area contributed by atoms with Crippen molar-refractivity contribution in [1.29, 1.82) is 0 Å². The molecule has 1 fully saturated rings. The van der Waals surface area contributed by atoms with Crippen LogP contribution in [0, 0.1) is 12.7 Å². The largest absolute Gasteiger partial charge is 0.474 e. The second-order valence-electron chi connectivity index (χ2n) is 9.38. The number of ether oxygens (including phenoxy) is 1. The number of nitrogens with one attached hydrogen (secondary N) is 2. The first-order valence-corrected chi connectivity index (χ1v) is 12.1. The number of nitrogens with zero attached hydrogens (tertiary/aromatic N) is 4. The average molecular weight is 500 g/mol. The van der Waals surface area contributed by atoms with E-state index in [-0.39, 0.29) is 17.5 Å². The zero-order valence-electron chi connectivity index (χ0n) is 20.5. The molecule has 4 N–H and O–H groups in total.